The van der Waals surface area contributed by atoms with Crippen molar-refractivity contribution in [3.63, 3.8) is 0 Å². The van der Waals surface area contributed by atoms with Crippen molar-refractivity contribution in [1.82, 2.24) is 4.31 Å². The maximum absolute atomic E-state index is 11.8. The zero-order valence-corrected chi connectivity index (χ0v) is 11.0. The first-order valence-corrected chi connectivity index (χ1v) is 8.31. The molecule has 1 rings (SSSR count). The summed E-state index contributed by atoms with van der Waals surface area (Å²) in [5.41, 5.74) is 0. The largest absolute Gasteiger partial charge is 0.395 e. The van der Waals surface area contributed by atoms with Gasteiger partial charge in [0.05, 0.1) is 23.4 Å². The highest BCUT2D eigenvalue weighted by Gasteiger charge is 2.37. The molecule has 0 amide bonds. The molecule has 2 atom stereocenters. The van der Waals surface area contributed by atoms with Gasteiger partial charge in [0, 0.05) is 13.1 Å². The zero-order valence-electron chi connectivity index (χ0n) is 9.33. The summed E-state index contributed by atoms with van der Waals surface area (Å²) in [5.74, 6) is -0.0914. The van der Waals surface area contributed by atoms with E-state index in [1.54, 1.807) is 0 Å². The maximum atomic E-state index is 11.8. The van der Waals surface area contributed by atoms with Crippen LogP contribution in [0.4, 0.5) is 0 Å². The number of hydrogen-bond donors (Lipinski definition) is 1. The van der Waals surface area contributed by atoms with E-state index >= 15 is 0 Å². The smallest absolute Gasteiger partial charge is 0.219 e. The molecule has 1 heterocycles. The number of aliphatic hydroxyl groups excluding tert-OH is 1. The average molecular weight is 271 g/mol. The third-order valence-corrected chi connectivity index (χ3v) is 6.91. The van der Waals surface area contributed by atoms with Crippen molar-refractivity contribution in [3.8, 4) is 0 Å². The van der Waals surface area contributed by atoms with Crippen LogP contribution in [0.15, 0.2) is 0 Å². The predicted molar refractivity (Wildman–Crippen MR) is 60.3 cm³/mol. The topological polar surface area (TPSA) is 91.8 Å². The van der Waals surface area contributed by atoms with Crippen LogP contribution in [0, 0.1) is 0 Å². The zero-order chi connectivity index (χ0) is 12.6. The SMILES string of the molecule is CC(CO)S(=O)(=O)N(C)C1CCS(=O)(=O)C1. The molecule has 1 aliphatic rings. The van der Waals surface area contributed by atoms with E-state index in [9.17, 15) is 16.8 Å². The summed E-state index contributed by atoms with van der Waals surface area (Å²) in [7, 11) is -5.34. The van der Waals surface area contributed by atoms with Crippen molar-refractivity contribution in [2.75, 3.05) is 25.2 Å². The van der Waals surface area contributed by atoms with Crippen LogP contribution < -0.4 is 0 Å². The van der Waals surface area contributed by atoms with Crippen molar-refractivity contribution in [2.24, 2.45) is 0 Å². The molecular formula is C8H17NO5S2. The normalized spacial score (nSPS) is 27.1. The molecule has 0 aromatic carbocycles. The molecule has 0 radical (unpaired) electrons. The molecule has 1 fully saturated rings. The van der Waals surface area contributed by atoms with Crippen LogP contribution in [0.25, 0.3) is 0 Å². The van der Waals surface area contributed by atoms with E-state index in [2.05, 4.69) is 0 Å². The lowest BCUT2D eigenvalue weighted by Gasteiger charge is -2.25. The molecule has 6 nitrogen and oxygen atoms in total. The summed E-state index contributed by atoms with van der Waals surface area (Å²) in [6, 6.07) is -0.496. The Morgan fingerprint density at radius 3 is 2.44 bits per heavy atom. The second-order valence-electron chi connectivity index (χ2n) is 4.11. The van der Waals surface area contributed by atoms with Gasteiger partial charge < -0.3 is 5.11 Å². The van der Waals surface area contributed by atoms with Gasteiger partial charge in [-0.2, -0.15) is 0 Å². The lowest BCUT2D eigenvalue weighted by Crippen LogP contribution is -2.43. The van der Waals surface area contributed by atoms with E-state index in [4.69, 9.17) is 5.11 Å². The fourth-order valence-electron chi connectivity index (χ4n) is 1.65. The fraction of sp³-hybridized carbons (Fsp3) is 1.00. The third-order valence-electron chi connectivity index (χ3n) is 2.89. The van der Waals surface area contributed by atoms with Crippen LogP contribution in [0.5, 0.6) is 0 Å². The fourth-order valence-corrected chi connectivity index (χ4v) is 4.87. The molecule has 1 saturated heterocycles. The average Bonchev–Trinajstić information content (AvgIpc) is 2.56. The van der Waals surface area contributed by atoms with Crippen molar-refractivity contribution >= 4 is 19.9 Å². The summed E-state index contributed by atoms with van der Waals surface area (Å²) in [6.07, 6.45) is 0.330. The highest BCUT2D eigenvalue weighted by atomic mass is 32.2. The van der Waals surface area contributed by atoms with Crippen molar-refractivity contribution in [1.29, 1.82) is 0 Å². The minimum atomic E-state index is -3.60. The number of sulfone groups is 1. The van der Waals surface area contributed by atoms with Gasteiger partial charge in [0.15, 0.2) is 9.84 Å². The van der Waals surface area contributed by atoms with Crippen molar-refractivity contribution < 1.29 is 21.9 Å². The second-order valence-corrected chi connectivity index (χ2v) is 8.75. The molecule has 2 unspecified atom stereocenters. The molecule has 0 spiro atoms. The van der Waals surface area contributed by atoms with E-state index in [0.29, 0.717) is 6.42 Å². The molecule has 16 heavy (non-hydrogen) atoms. The first kappa shape index (κ1) is 13.9. The summed E-state index contributed by atoms with van der Waals surface area (Å²) < 4.78 is 47.2. The molecular weight excluding hydrogens is 254 g/mol. The van der Waals surface area contributed by atoms with Crippen molar-refractivity contribution in [3.05, 3.63) is 0 Å². The molecule has 8 heteroatoms. The molecule has 1 N–H and O–H groups in total. The van der Waals surface area contributed by atoms with E-state index in [1.165, 1.54) is 14.0 Å². The van der Waals surface area contributed by atoms with Gasteiger partial charge in [-0.15, -0.1) is 0 Å². The standard InChI is InChI=1S/C8H17NO5S2/c1-7(5-10)16(13,14)9(2)8-3-4-15(11,12)6-8/h7-8,10H,3-6H2,1-2H3. The number of sulfonamides is 1. The van der Waals surface area contributed by atoms with Crippen molar-refractivity contribution in [2.45, 2.75) is 24.6 Å². The van der Waals surface area contributed by atoms with E-state index in [0.717, 1.165) is 4.31 Å². The summed E-state index contributed by atoms with van der Waals surface area (Å²) in [5, 5.41) is 7.94. The Labute approximate surface area is 96.2 Å². The van der Waals surface area contributed by atoms with Gasteiger partial charge in [0.1, 0.15) is 0 Å². The second kappa shape index (κ2) is 4.59. The summed E-state index contributed by atoms with van der Waals surface area (Å²) in [4.78, 5) is 0. The highest BCUT2D eigenvalue weighted by Crippen LogP contribution is 2.20. The van der Waals surface area contributed by atoms with E-state index < -0.39 is 37.8 Å². The third kappa shape index (κ3) is 2.73. The monoisotopic (exact) mass is 271 g/mol. The Hall–Kier alpha value is -0.180. The number of rotatable bonds is 4. The first-order chi connectivity index (χ1) is 7.20. The van der Waals surface area contributed by atoms with Crippen LogP contribution in [0.2, 0.25) is 0 Å². The van der Waals surface area contributed by atoms with Gasteiger partial charge in [0.2, 0.25) is 10.0 Å². The minimum absolute atomic E-state index is 0.0328. The van der Waals surface area contributed by atoms with Crippen LogP contribution >= 0.6 is 0 Å². The van der Waals surface area contributed by atoms with Crippen LogP contribution in [0.1, 0.15) is 13.3 Å². The summed E-state index contributed by atoms with van der Waals surface area (Å²) in [6.45, 7) is 0.932. The first-order valence-electron chi connectivity index (χ1n) is 4.99. The van der Waals surface area contributed by atoms with Crippen LogP contribution in [0.3, 0.4) is 0 Å². The maximum Gasteiger partial charge on any atom is 0.219 e. The molecule has 0 saturated carbocycles. The minimum Gasteiger partial charge on any atom is -0.395 e. The Morgan fingerprint density at radius 2 is 2.06 bits per heavy atom. The molecule has 1 aliphatic heterocycles. The lowest BCUT2D eigenvalue weighted by molar-refractivity contribution is 0.287. The van der Waals surface area contributed by atoms with Gasteiger partial charge >= 0.3 is 0 Å². The van der Waals surface area contributed by atoms with Gasteiger partial charge in [0.25, 0.3) is 0 Å². The van der Waals surface area contributed by atoms with E-state index in [-0.39, 0.29) is 11.5 Å². The summed E-state index contributed by atoms with van der Waals surface area (Å²) >= 11 is 0. The Balaban J connectivity index is 2.84. The highest BCUT2D eigenvalue weighted by molar-refractivity contribution is 7.92. The van der Waals surface area contributed by atoms with Gasteiger partial charge in [-0.05, 0) is 13.3 Å². The molecule has 0 bridgehead atoms. The quantitative estimate of drug-likeness (QED) is 0.694. The van der Waals surface area contributed by atoms with Gasteiger partial charge in [-0.3, -0.25) is 0 Å². The molecule has 0 aromatic rings. The molecule has 0 aromatic heterocycles. The van der Waals surface area contributed by atoms with Gasteiger partial charge in [-0.25, -0.2) is 21.1 Å². The number of nitrogens with zero attached hydrogens (tertiary/aromatic N) is 1. The number of hydrogen-bond acceptors (Lipinski definition) is 5. The van der Waals surface area contributed by atoms with E-state index in [1.807, 2.05) is 0 Å². The molecule has 96 valence electrons. The molecule has 0 aliphatic carbocycles. The van der Waals surface area contributed by atoms with Crippen LogP contribution in [-0.2, 0) is 19.9 Å². The lowest BCUT2D eigenvalue weighted by atomic mass is 10.3. The Kier molecular flexibility index (Phi) is 3.99. The Bertz CT molecular complexity index is 441. The van der Waals surface area contributed by atoms with Crippen LogP contribution in [-0.4, -0.2) is 62.7 Å². The number of aliphatic hydroxyl groups is 1. The predicted octanol–water partition coefficient (Wildman–Crippen LogP) is -1.18. The van der Waals surface area contributed by atoms with Gasteiger partial charge in [-0.1, -0.05) is 0 Å². The Morgan fingerprint density at radius 1 is 1.50 bits per heavy atom.